The van der Waals surface area contributed by atoms with Gasteiger partial charge >= 0.3 is 0 Å². The molecule has 20 heavy (non-hydrogen) atoms. The first-order valence-corrected chi connectivity index (χ1v) is 7.21. The Morgan fingerprint density at radius 2 is 1.90 bits per heavy atom. The van der Waals surface area contributed by atoms with E-state index in [0.29, 0.717) is 31.9 Å². The number of rotatable bonds is 2. The zero-order valence-corrected chi connectivity index (χ0v) is 11.8. The average molecular weight is 276 g/mol. The SMILES string of the molecule is Cc1nc(N2CCCC2)ncc1C(=O)N1CCOCC1. The zero-order valence-electron chi connectivity index (χ0n) is 11.8. The summed E-state index contributed by atoms with van der Waals surface area (Å²) in [5.41, 5.74) is 1.37. The molecule has 0 atom stereocenters. The second-order valence-corrected chi connectivity index (χ2v) is 5.27. The van der Waals surface area contributed by atoms with Gasteiger partial charge in [-0.05, 0) is 19.8 Å². The minimum Gasteiger partial charge on any atom is -0.378 e. The van der Waals surface area contributed by atoms with Gasteiger partial charge in [-0.2, -0.15) is 0 Å². The largest absolute Gasteiger partial charge is 0.378 e. The molecule has 0 unspecified atom stereocenters. The first-order valence-electron chi connectivity index (χ1n) is 7.21. The summed E-state index contributed by atoms with van der Waals surface area (Å²) < 4.78 is 5.27. The van der Waals surface area contributed by atoms with Crippen molar-refractivity contribution < 1.29 is 9.53 Å². The van der Waals surface area contributed by atoms with Gasteiger partial charge < -0.3 is 14.5 Å². The van der Waals surface area contributed by atoms with Crippen molar-refractivity contribution in [3.63, 3.8) is 0 Å². The third-order valence-corrected chi connectivity index (χ3v) is 3.88. The van der Waals surface area contributed by atoms with Crippen molar-refractivity contribution >= 4 is 11.9 Å². The molecule has 1 aromatic heterocycles. The standard InChI is InChI=1S/C14H20N4O2/c1-11-12(13(19)17-6-8-20-9-7-17)10-15-14(16-11)18-4-2-3-5-18/h10H,2-9H2,1H3. The van der Waals surface area contributed by atoms with Crippen LogP contribution in [-0.2, 0) is 4.74 Å². The monoisotopic (exact) mass is 276 g/mol. The highest BCUT2D eigenvalue weighted by atomic mass is 16.5. The molecule has 6 heteroatoms. The molecule has 0 bridgehead atoms. The van der Waals surface area contributed by atoms with Crippen LogP contribution >= 0.6 is 0 Å². The molecule has 0 N–H and O–H groups in total. The van der Waals surface area contributed by atoms with Crippen LogP contribution in [0.4, 0.5) is 5.95 Å². The van der Waals surface area contributed by atoms with Crippen LogP contribution in [0.25, 0.3) is 0 Å². The number of ether oxygens (including phenoxy) is 1. The average Bonchev–Trinajstić information content (AvgIpc) is 3.01. The lowest BCUT2D eigenvalue weighted by Gasteiger charge is -2.27. The van der Waals surface area contributed by atoms with Gasteiger partial charge in [-0.25, -0.2) is 9.97 Å². The van der Waals surface area contributed by atoms with Gasteiger partial charge in [0.1, 0.15) is 0 Å². The highest BCUT2D eigenvalue weighted by molar-refractivity contribution is 5.95. The van der Waals surface area contributed by atoms with Gasteiger partial charge in [0.2, 0.25) is 5.95 Å². The van der Waals surface area contributed by atoms with Crippen molar-refractivity contribution in [2.24, 2.45) is 0 Å². The van der Waals surface area contributed by atoms with Crippen molar-refractivity contribution in [3.8, 4) is 0 Å². The Bertz CT molecular complexity index is 494. The highest BCUT2D eigenvalue weighted by Crippen LogP contribution is 2.18. The molecule has 2 aliphatic heterocycles. The Balaban J connectivity index is 1.77. The minimum absolute atomic E-state index is 0.0128. The number of carbonyl (C=O) groups is 1. The second kappa shape index (κ2) is 5.75. The smallest absolute Gasteiger partial charge is 0.257 e. The molecule has 1 aromatic rings. The molecule has 3 rings (SSSR count). The fourth-order valence-electron chi connectivity index (χ4n) is 2.67. The van der Waals surface area contributed by atoms with E-state index in [9.17, 15) is 4.79 Å². The maximum Gasteiger partial charge on any atom is 0.257 e. The van der Waals surface area contributed by atoms with Gasteiger partial charge in [0.25, 0.3) is 5.91 Å². The van der Waals surface area contributed by atoms with E-state index in [-0.39, 0.29) is 5.91 Å². The summed E-state index contributed by atoms with van der Waals surface area (Å²) in [5, 5.41) is 0. The summed E-state index contributed by atoms with van der Waals surface area (Å²) in [6, 6.07) is 0. The summed E-state index contributed by atoms with van der Waals surface area (Å²) in [7, 11) is 0. The van der Waals surface area contributed by atoms with Crippen LogP contribution < -0.4 is 4.90 Å². The number of aryl methyl sites for hydroxylation is 1. The quantitative estimate of drug-likeness (QED) is 0.802. The van der Waals surface area contributed by atoms with Crippen molar-refractivity contribution in [3.05, 3.63) is 17.5 Å². The lowest BCUT2D eigenvalue weighted by Crippen LogP contribution is -2.41. The van der Waals surface area contributed by atoms with E-state index in [2.05, 4.69) is 14.9 Å². The van der Waals surface area contributed by atoms with E-state index in [0.717, 1.165) is 24.7 Å². The molecule has 0 aromatic carbocycles. The minimum atomic E-state index is 0.0128. The predicted octanol–water partition coefficient (Wildman–Crippen LogP) is 0.858. The second-order valence-electron chi connectivity index (χ2n) is 5.27. The molecule has 0 aliphatic carbocycles. The third kappa shape index (κ3) is 2.60. The van der Waals surface area contributed by atoms with Crippen molar-refractivity contribution in [2.45, 2.75) is 19.8 Å². The van der Waals surface area contributed by atoms with Crippen LogP contribution in [0, 0.1) is 6.92 Å². The van der Waals surface area contributed by atoms with Crippen LogP contribution in [-0.4, -0.2) is 60.2 Å². The molecule has 0 spiro atoms. The molecule has 2 fully saturated rings. The Labute approximate surface area is 118 Å². The van der Waals surface area contributed by atoms with Crippen LogP contribution in [0.5, 0.6) is 0 Å². The fourth-order valence-corrected chi connectivity index (χ4v) is 2.67. The first kappa shape index (κ1) is 13.3. The highest BCUT2D eigenvalue weighted by Gasteiger charge is 2.22. The van der Waals surface area contributed by atoms with E-state index in [4.69, 9.17) is 4.74 Å². The number of hydrogen-bond acceptors (Lipinski definition) is 5. The van der Waals surface area contributed by atoms with Gasteiger partial charge in [-0.1, -0.05) is 0 Å². The fraction of sp³-hybridized carbons (Fsp3) is 0.643. The van der Waals surface area contributed by atoms with E-state index in [1.807, 2.05) is 11.8 Å². The zero-order chi connectivity index (χ0) is 13.9. The molecule has 108 valence electrons. The summed E-state index contributed by atoms with van der Waals surface area (Å²) in [6.07, 6.45) is 4.06. The maximum atomic E-state index is 12.4. The summed E-state index contributed by atoms with van der Waals surface area (Å²) in [6.45, 7) is 6.41. The van der Waals surface area contributed by atoms with Crippen LogP contribution in [0.1, 0.15) is 28.9 Å². The molecule has 0 saturated carbocycles. The summed E-state index contributed by atoms with van der Waals surface area (Å²) >= 11 is 0. The predicted molar refractivity (Wildman–Crippen MR) is 74.9 cm³/mol. The van der Waals surface area contributed by atoms with Crippen molar-refractivity contribution in [1.82, 2.24) is 14.9 Å². The Hall–Kier alpha value is -1.69. The first-order chi connectivity index (χ1) is 9.75. The number of aromatic nitrogens is 2. The Morgan fingerprint density at radius 3 is 2.55 bits per heavy atom. The molecule has 2 aliphatic rings. The van der Waals surface area contributed by atoms with Crippen molar-refractivity contribution in [2.75, 3.05) is 44.3 Å². The number of morpholine rings is 1. The molecule has 2 saturated heterocycles. The Kier molecular flexibility index (Phi) is 3.82. The Morgan fingerprint density at radius 1 is 1.20 bits per heavy atom. The van der Waals surface area contributed by atoms with Gasteiger partial charge in [0.05, 0.1) is 24.5 Å². The van der Waals surface area contributed by atoms with Crippen molar-refractivity contribution in [1.29, 1.82) is 0 Å². The third-order valence-electron chi connectivity index (χ3n) is 3.88. The summed E-state index contributed by atoms with van der Waals surface area (Å²) in [4.78, 5) is 25.3. The van der Waals surface area contributed by atoms with Crippen LogP contribution in [0.2, 0.25) is 0 Å². The molecule has 3 heterocycles. The van der Waals surface area contributed by atoms with E-state index in [1.165, 1.54) is 12.8 Å². The summed E-state index contributed by atoms with van der Waals surface area (Å²) in [5.74, 6) is 0.761. The lowest BCUT2D eigenvalue weighted by atomic mass is 10.2. The molecule has 1 amide bonds. The van der Waals surface area contributed by atoms with Crippen LogP contribution in [0.15, 0.2) is 6.20 Å². The number of carbonyl (C=O) groups excluding carboxylic acids is 1. The van der Waals surface area contributed by atoms with E-state index in [1.54, 1.807) is 6.20 Å². The number of amides is 1. The normalized spacial score (nSPS) is 19.4. The van der Waals surface area contributed by atoms with Gasteiger partial charge in [-0.15, -0.1) is 0 Å². The van der Waals surface area contributed by atoms with Gasteiger partial charge in [0, 0.05) is 32.4 Å². The van der Waals surface area contributed by atoms with Crippen LogP contribution in [0.3, 0.4) is 0 Å². The number of hydrogen-bond donors (Lipinski definition) is 0. The maximum absolute atomic E-state index is 12.4. The molecule has 6 nitrogen and oxygen atoms in total. The molecule has 0 radical (unpaired) electrons. The van der Waals surface area contributed by atoms with Gasteiger partial charge in [-0.3, -0.25) is 4.79 Å². The van der Waals surface area contributed by atoms with E-state index < -0.39 is 0 Å². The number of nitrogens with zero attached hydrogens (tertiary/aromatic N) is 4. The molecular formula is C14H20N4O2. The topological polar surface area (TPSA) is 58.6 Å². The lowest BCUT2D eigenvalue weighted by molar-refractivity contribution is 0.0302. The number of anilines is 1. The van der Waals surface area contributed by atoms with Gasteiger partial charge in [0.15, 0.2) is 0 Å². The molecular weight excluding hydrogens is 256 g/mol. The van der Waals surface area contributed by atoms with E-state index >= 15 is 0 Å².